The van der Waals surface area contributed by atoms with Crippen LogP contribution in [-0.2, 0) is 16.1 Å². The molecule has 0 aliphatic carbocycles. The number of benzene rings is 1. The molecule has 4 aliphatic rings. The van der Waals surface area contributed by atoms with E-state index in [0.717, 1.165) is 42.4 Å². The van der Waals surface area contributed by atoms with E-state index in [1.54, 1.807) is 12.1 Å². The zero-order chi connectivity index (χ0) is 19.5. The Morgan fingerprint density at radius 1 is 1.11 bits per heavy atom. The van der Waals surface area contributed by atoms with Gasteiger partial charge in [-0.2, -0.15) is 0 Å². The van der Waals surface area contributed by atoms with Crippen LogP contribution in [0.2, 0.25) is 0 Å². The van der Waals surface area contributed by atoms with E-state index < -0.39 is 23.8 Å². The van der Waals surface area contributed by atoms with Gasteiger partial charge in [-0.05, 0) is 24.1 Å². The summed E-state index contributed by atoms with van der Waals surface area (Å²) in [6.07, 6.45) is 0.293. The summed E-state index contributed by atoms with van der Waals surface area (Å²) in [5.41, 5.74) is 1.66. The van der Waals surface area contributed by atoms with Crippen molar-refractivity contribution in [2.45, 2.75) is 30.3 Å². The molecule has 1 spiro atoms. The van der Waals surface area contributed by atoms with Crippen molar-refractivity contribution < 1.29 is 19.2 Å². The first-order valence-corrected chi connectivity index (χ1v) is 10.4. The summed E-state index contributed by atoms with van der Waals surface area (Å²) >= 11 is 1.97. The van der Waals surface area contributed by atoms with Gasteiger partial charge >= 0.3 is 0 Å². The molecule has 146 valence electrons. The SMILES string of the molecule is O=C1CCC(N2C(=O)c3ccc(CN4CCSC45CNC5)cc3C2=O)C(=O)N1. The number of amides is 4. The average molecular weight is 400 g/mol. The second kappa shape index (κ2) is 6.40. The Kier molecular flexibility index (Phi) is 4.08. The molecule has 1 aromatic carbocycles. The van der Waals surface area contributed by atoms with E-state index in [1.165, 1.54) is 0 Å². The van der Waals surface area contributed by atoms with Gasteiger partial charge in [0, 0.05) is 38.4 Å². The van der Waals surface area contributed by atoms with Crippen molar-refractivity contribution in [3.8, 4) is 0 Å². The maximum absolute atomic E-state index is 12.9. The predicted octanol–water partition coefficient (Wildman–Crippen LogP) is -0.0639. The van der Waals surface area contributed by atoms with Crippen LogP contribution in [-0.4, -0.2) is 69.7 Å². The highest BCUT2D eigenvalue weighted by Crippen LogP contribution is 2.40. The van der Waals surface area contributed by atoms with Gasteiger partial charge in [-0.3, -0.25) is 34.3 Å². The van der Waals surface area contributed by atoms with Gasteiger partial charge in [0.25, 0.3) is 11.8 Å². The third kappa shape index (κ3) is 2.61. The smallest absolute Gasteiger partial charge is 0.262 e. The Morgan fingerprint density at radius 3 is 2.61 bits per heavy atom. The summed E-state index contributed by atoms with van der Waals surface area (Å²) in [7, 11) is 0. The largest absolute Gasteiger partial charge is 0.311 e. The molecule has 0 radical (unpaired) electrons. The summed E-state index contributed by atoms with van der Waals surface area (Å²) in [6.45, 7) is 3.65. The fraction of sp³-hybridized carbons (Fsp3) is 0.474. The highest BCUT2D eigenvalue weighted by Gasteiger charge is 2.47. The Bertz CT molecular complexity index is 913. The molecule has 3 fully saturated rings. The lowest BCUT2D eigenvalue weighted by atomic mass is 10.0. The molecule has 0 saturated carbocycles. The molecule has 5 rings (SSSR count). The number of carbonyl (C=O) groups excluding carboxylic acids is 4. The standard InChI is InChI=1S/C19H20N4O4S/c24-15-4-3-14(16(25)21-15)23-17(26)12-2-1-11(7-13(12)18(23)27)8-22-5-6-28-19(22)9-20-10-19/h1-2,7,14,20H,3-6,8-10H2,(H,21,24,25). The molecule has 1 unspecified atom stereocenters. The lowest BCUT2D eigenvalue weighted by Gasteiger charge is -2.45. The molecule has 4 heterocycles. The van der Waals surface area contributed by atoms with Crippen molar-refractivity contribution in [2.75, 3.05) is 25.4 Å². The minimum absolute atomic E-state index is 0.123. The molecule has 4 aliphatic heterocycles. The Balaban J connectivity index is 1.39. The second-order valence-electron chi connectivity index (χ2n) is 7.65. The van der Waals surface area contributed by atoms with Gasteiger partial charge in [0.2, 0.25) is 11.8 Å². The number of piperidine rings is 1. The van der Waals surface area contributed by atoms with Crippen LogP contribution in [0, 0.1) is 0 Å². The van der Waals surface area contributed by atoms with Crippen LogP contribution in [0.4, 0.5) is 0 Å². The van der Waals surface area contributed by atoms with Gasteiger partial charge in [-0.15, -0.1) is 11.8 Å². The number of carbonyl (C=O) groups is 4. The monoisotopic (exact) mass is 400 g/mol. The fourth-order valence-electron chi connectivity index (χ4n) is 4.37. The molecule has 3 saturated heterocycles. The number of imide groups is 2. The molecular formula is C19H20N4O4S. The second-order valence-corrected chi connectivity index (χ2v) is 9.10. The van der Waals surface area contributed by atoms with Crippen LogP contribution in [0.3, 0.4) is 0 Å². The third-order valence-electron chi connectivity index (χ3n) is 5.99. The molecule has 8 nitrogen and oxygen atoms in total. The molecule has 28 heavy (non-hydrogen) atoms. The number of nitrogens with one attached hydrogen (secondary N) is 2. The van der Waals surface area contributed by atoms with E-state index in [-0.39, 0.29) is 23.6 Å². The summed E-state index contributed by atoms with van der Waals surface area (Å²) in [5.74, 6) is -0.778. The van der Waals surface area contributed by atoms with Crippen molar-refractivity contribution >= 4 is 35.4 Å². The van der Waals surface area contributed by atoms with Gasteiger partial charge in [0.1, 0.15) is 6.04 Å². The van der Waals surface area contributed by atoms with E-state index in [9.17, 15) is 19.2 Å². The first-order chi connectivity index (χ1) is 13.5. The van der Waals surface area contributed by atoms with Crippen molar-refractivity contribution in [1.82, 2.24) is 20.4 Å². The number of nitrogens with zero attached hydrogens (tertiary/aromatic N) is 2. The zero-order valence-electron chi connectivity index (χ0n) is 15.2. The Hall–Kier alpha value is -2.23. The summed E-state index contributed by atoms with van der Waals surface area (Å²) in [5, 5.41) is 5.55. The van der Waals surface area contributed by atoms with E-state index in [1.807, 2.05) is 17.8 Å². The topological polar surface area (TPSA) is 98.8 Å². The van der Waals surface area contributed by atoms with E-state index in [2.05, 4.69) is 15.5 Å². The molecule has 1 aromatic rings. The van der Waals surface area contributed by atoms with E-state index >= 15 is 0 Å². The average Bonchev–Trinajstić information content (AvgIpc) is 3.16. The quantitative estimate of drug-likeness (QED) is 0.686. The maximum atomic E-state index is 12.9. The van der Waals surface area contributed by atoms with Gasteiger partial charge in [-0.25, -0.2) is 0 Å². The van der Waals surface area contributed by atoms with Crippen LogP contribution >= 0.6 is 11.8 Å². The zero-order valence-corrected chi connectivity index (χ0v) is 16.0. The minimum Gasteiger partial charge on any atom is -0.311 e. The first kappa shape index (κ1) is 17.8. The van der Waals surface area contributed by atoms with Crippen LogP contribution in [0.15, 0.2) is 18.2 Å². The minimum atomic E-state index is -0.923. The highest BCUT2D eigenvalue weighted by atomic mass is 32.2. The summed E-state index contributed by atoms with van der Waals surface area (Å²) in [6, 6.07) is 4.43. The first-order valence-electron chi connectivity index (χ1n) is 9.43. The number of hydrogen-bond acceptors (Lipinski definition) is 7. The Morgan fingerprint density at radius 2 is 1.89 bits per heavy atom. The van der Waals surface area contributed by atoms with Gasteiger partial charge in [0.15, 0.2) is 0 Å². The van der Waals surface area contributed by atoms with Crippen molar-refractivity contribution in [1.29, 1.82) is 0 Å². The molecular weight excluding hydrogens is 380 g/mol. The maximum Gasteiger partial charge on any atom is 0.262 e. The highest BCUT2D eigenvalue weighted by molar-refractivity contribution is 8.01. The number of thioether (sulfide) groups is 1. The van der Waals surface area contributed by atoms with Gasteiger partial charge < -0.3 is 5.32 Å². The molecule has 9 heteroatoms. The normalized spacial score (nSPS) is 26.6. The van der Waals surface area contributed by atoms with Gasteiger partial charge in [0.05, 0.1) is 16.0 Å². The van der Waals surface area contributed by atoms with E-state index in [0.29, 0.717) is 11.1 Å². The van der Waals surface area contributed by atoms with Crippen LogP contribution in [0.25, 0.3) is 0 Å². The summed E-state index contributed by atoms with van der Waals surface area (Å²) < 4.78 is 0. The number of fused-ring (bicyclic) bond motifs is 1. The molecule has 4 amide bonds. The van der Waals surface area contributed by atoms with Crippen molar-refractivity contribution in [3.05, 3.63) is 34.9 Å². The lowest BCUT2D eigenvalue weighted by molar-refractivity contribution is -0.136. The number of hydrogen-bond donors (Lipinski definition) is 2. The predicted molar refractivity (Wildman–Crippen MR) is 102 cm³/mol. The third-order valence-corrected chi connectivity index (χ3v) is 7.46. The fourth-order valence-corrected chi connectivity index (χ4v) is 5.80. The van der Waals surface area contributed by atoms with Crippen molar-refractivity contribution in [3.63, 3.8) is 0 Å². The molecule has 2 N–H and O–H groups in total. The molecule has 0 aromatic heterocycles. The number of rotatable bonds is 3. The van der Waals surface area contributed by atoms with Crippen molar-refractivity contribution in [2.24, 2.45) is 0 Å². The molecule has 0 bridgehead atoms. The Labute approximate surface area is 166 Å². The van der Waals surface area contributed by atoms with Crippen LogP contribution in [0.1, 0.15) is 39.1 Å². The lowest BCUT2D eigenvalue weighted by Crippen LogP contribution is -2.64. The van der Waals surface area contributed by atoms with Crippen LogP contribution < -0.4 is 10.6 Å². The summed E-state index contributed by atoms with van der Waals surface area (Å²) in [4.78, 5) is 52.8. The molecule has 1 atom stereocenters. The van der Waals surface area contributed by atoms with Crippen LogP contribution in [0.5, 0.6) is 0 Å². The van der Waals surface area contributed by atoms with Gasteiger partial charge in [-0.1, -0.05) is 6.07 Å². The van der Waals surface area contributed by atoms with E-state index in [4.69, 9.17) is 0 Å².